The third-order valence-corrected chi connectivity index (χ3v) is 2.45. The SMILES string of the molecule is O=Cc1cnnn1-c1ccccc1Br. The molecule has 0 aliphatic heterocycles. The molecule has 14 heavy (non-hydrogen) atoms. The van der Waals surface area contributed by atoms with Crippen LogP contribution in [0.1, 0.15) is 10.5 Å². The fraction of sp³-hybridized carbons (Fsp3) is 0. The highest BCUT2D eigenvalue weighted by Crippen LogP contribution is 2.19. The van der Waals surface area contributed by atoms with Crippen LogP contribution in [0, 0.1) is 0 Å². The van der Waals surface area contributed by atoms with Gasteiger partial charge < -0.3 is 0 Å². The van der Waals surface area contributed by atoms with E-state index in [4.69, 9.17) is 0 Å². The van der Waals surface area contributed by atoms with Gasteiger partial charge in [-0.2, -0.15) is 0 Å². The van der Waals surface area contributed by atoms with E-state index in [1.165, 1.54) is 10.9 Å². The van der Waals surface area contributed by atoms with Crippen molar-refractivity contribution in [3.63, 3.8) is 0 Å². The summed E-state index contributed by atoms with van der Waals surface area (Å²) in [5.41, 5.74) is 1.23. The average molecular weight is 252 g/mol. The minimum atomic E-state index is 0.428. The number of aldehydes is 1. The van der Waals surface area contributed by atoms with E-state index in [-0.39, 0.29) is 0 Å². The van der Waals surface area contributed by atoms with Crippen LogP contribution in [-0.4, -0.2) is 21.3 Å². The molecule has 0 unspecified atom stereocenters. The Labute approximate surface area is 88.7 Å². The normalized spacial score (nSPS) is 10.1. The van der Waals surface area contributed by atoms with Gasteiger partial charge in [0.2, 0.25) is 0 Å². The smallest absolute Gasteiger partial charge is 0.170 e. The zero-order valence-corrected chi connectivity index (χ0v) is 8.68. The largest absolute Gasteiger partial charge is 0.296 e. The summed E-state index contributed by atoms with van der Waals surface area (Å²) >= 11 is 3.38. The first-order valence-corrected chi connectivity index (χ1v) is 4.73. The minimum Gasteiger partial charge on any atom is -0.296 e. The Balaban J connectivity index is 2.60. The molecule has 0 spiro atoms. The van der Waals surface area contributed by atoms with Crippen LogP contribution in [-0.2, 0) is 0 Å². The molecule has 0 N–H and O–H groups in total. The van der Waals surface area contributed by atoms with Crippen LogP contribution in [0.5, 0.6) is 0 Å². The molecule has 1 heterocycles. The molecule has 0 amide bonds. The van der Waals surface area contributed by atoms with Gasteiger partial charge in [-0.25, -0.2) is 4.68 Å². The molecule has 0 atom stereocenters. The number of carbonyl (C=O) groups is 1. The number of para-hydroxylation sites is 1. The molecule has 0 bridgehead atoms. The Hall–Kier alpha value is -1.49. The highest BCUT2D eigenvalue weighted by atomic mass is 79.9. The van der Waals surface area contributed by atoms with Gasteiger partial charge in [-0.1, -0.05) is 17.3 Å². The standard InChI is InChI=1S/C9H6BrN3O/c10-8-3-1-2-4-9(8)13-7(6-14)5-11-12-13/h1-6H. The summed E-state index contributed by atoms with van der Waals surface area (Å²) in [6.07, 6.45) is 2.14. The summed E-state index contributed by atoms with van der Waals surface area (Å²) in [6.45, 7) is 0. The van der Waals surface area contributed by atoms with Crippen LogP contribution in [0.25, 0.3) is 5.69 Å². The van der Waals surface area contributed by atoms with Gasteiger partial charge in [0.05, 0.1) is 11.9 Å². The number of carbonyl (C=O) groups excluding carboxylic acids is 1. The second-order valence-electron chi connectivity index (χ2n) is 2.64. The lowest BCUT2D eigenvalue weighted by atomic mass is 10.3. The Bertz CT molecular complexity index is 467. The number of hydrogen-bond donors (Lipinski definition) is 0. The maximum absolute atomic E-state index is 10.7. The molecule has 70 valence electrons. The molecule has 2 rings (SSSR count). The van der Waals surface area contributed by atoms with Gasteiger partial charge in [0.1, 0.15) is 5.69 Å². The number of nitrogens with zero attached hydrogens (tertiary/aromatic N) is 3. The first kappa shape index (κ1) is 9.08. The Morgan fingerprint density at radius 1 is 1.36 bits per heavy atom. The lowest BCUT2D eigenvalue weighted by molar-refractivity contribution is 0.111. The van der Waals surface area contributed by atoms with Crippen LogP contribution in [0.15, 0.2) is 34.9 Å². The van der Waals surface area contributed by atoms with Crippen molar-refractivity contribution in [3.8, 4) is 5.69 Å². The van der Waals surface area contributed by atoms with Crippen molar-refractivity contribution in [2.24, 2.45) is 0 Å². The molecule has 4 nitrogen and oxygen atoms in total. The second-order valence-corrected chi connectivity index (χ2v) is 3.49. The third kappa shape index (κ3) is 1.46. The minimum absolute atomic E-state index is 0.428. The van der Waals surface area contributed by atoms with Gasteiger partial charge in [-0.3, -0.25) is 4.79 Å². The monoisotopic (exact) mass is 251 g/mol. The highest BCUT2D eigenvalue weighted by molar-refractivity contribution is 9.10. The molecule has 2 aromatic rings. The second kappa shape index (κ2) is 3.71. The molecule has 1 aromatic carbocycles. The molecule has 0 saturated heterocycles. The van der Waals surface area contributed by atoms with Crippen molar-refractivity contribution in [2.45, 2.75) is 0 Å². The van der Waals surface area contributed by atoms with Crippen molar-refractivity contribution < 1.29 is 4.79 Å². The fourth-order valence-corrected chi connectivity index (χ4v) is 1.59. The van der Waals surface area contributed by atoms with Crippen molar-refractivity contribution in [2.75, 3.05) is 0 Å². The Kier molecular flexibility index (Phi) is 2.41. The molecule has 1 aromatic heterocycles. The highest BCUT2D eigenvalue weighted by Gasteiger charge is 2.07. The quantitative estimate of drug-likeness (QED) is 0.766. The fourth-order valence-electron chi connectivity index (χ4n) is 1.13. The van der Waals surface area contributed by atoms with Crippen LogP contribution < -0.4 is 0 Å². The van der Waals surface area contributed by atoms with Crippen molar-refractivity contribution in [1.82, 2.24) is 15.0 Å². The topological polar surface area (TPSA) is 47.8 Å². The molecular formula is C9H6BrN3O. The van der Waals surface area contributed by atoms with Gasteiger partial charge in [0.15, 0.2) is 6.29 Å². The summed E-state index contributed by atoms with van der Waals surface area (Å²) in [7, 11) is 0. The first-order chi connectivity index (χ1) is 6.83. The predicted octanol–water partition coefficient (Wildman–Crippen LogP) is 1.84. The summed E-state index contributed by atoms with van der Waals surface area (Å²) in [5.74, 6) is 0. The molecule has 0 fully saturated rings. The van der Waals surface area contributed by atoms with Gasteiger partial charge >= 0.3 is 0 Å². The van der Waals surface area contributed by atoms with E-state index >= 15 is 0 Å². The molecule has 5 heteroatoms. The molecular weight excluding hydrogens is 246 g/mol. The van der Waals surface area contributed by atoms with Gasteiger partial charge in [0, 0.05) is 4.47 Å². The summed E-state index contributed by atoms with van der Waals surface area (Å²) in [6, 6.07) is 7.50. The van der Waals surface area contributed by atoms with E-state index in [0.29, 0.717) is 5.69 Å². The summed E-state index contributed by atoms with van der Waals surface area (Å²) in [5, 5.41) is 7.49. The van der Waals surface area contributed by atoms with Crippen molar-refractivity contribution in [1.29, 1.82) is 0 Å². The van der Waals surface area contributed by atoms with Crippen LogP contribution >= 0.6 is 15.9 Å². The van der Waals surface area contributed by atoms with Gasteiger partial charge in [0.25, 0.3) is 0 Å². The lowest BCUT2D eigenvalue weighted by Crippen LogP contribution is -2.01. The van der Waals surface area contributed by atoms with Crippen molar-refractivity contribution >= 4 is 22.2 Å². The average Bonchev–Trinajstić information content (AvgIpc) is 2.66. The van der Waals surface area contributed by atoms with Crippen LogP contribution in [0.2, 0.25) is 0 Å². The van der Waals surface area contributed by atoms with E-state index in [9.17, 15) is 4.79 Å². The molecule has 0 radical (unpaired) electrons. The maximum Gasteiger partial charge on any atom is 0.170 e. The lowest BCUT2D eigenvalue weighted by Gasteiger charge is -2.03. The van der Waals surface area contributed by atoms with Crippen LogP contribution in [0.3, 0.4) is 0 Å². The summed E-state index contributed by atoms with van der Waals surface area (Å²) < 4.78 is 2.35. The number of aromatic nitrogens is 3. The molecule has 0 aliphatic carbocycles. The summed E-state index contributed by atoms with van der Waals surface area (Å²) in [4.78, 5) is 10.7. The number of rotatable bonds is 2. The third-order valence-electron chi connectivity index (χ3n) is 1.78. The van der Waals surface area contributed by atoms with E-state index in [1.54, 1.807) is 0 Å². The zero-order valence-electron chi connectivity index (χ0n) is 7.09. The molecule has 0 saturated carbocycles. The zero-order chi connectivity index (χ0) is 9.97. The van der Waals surface area contributed by atoms with Gasteiger partial charge in [-0.15, -0.1) is 5.10 Å². The predicted molar refractivity (Wildman–Crippen MR) is 54.4 cm³/mol. The van der Waals surface area contributed by atoms with Crippen LogP contribution in [0.4, 0.5) is 0 Å². The van der Waals surface area contributed by atoms with E-state index < -0.39 is 0 Å². The Morgan fingerprint density at radius 2 is 2.14 bits per heavy atom. The maximum atomic E-state index is 10.7. The number of halogens is 1. The van der Waals surface area contributed by atoms with E-state index in [2.05, 4.69) is 26.2 Å². The number of benzene rings is 1. The molecule has 0 aliphatic rings. The Morgan fingerprint density at radius 3 is 2.86 bits per heavy atom. The van der Waals surface area contributed by atoms with E-state index in [0.717, 1.165) is 16.4 Å². The number of hydrogen-bond acceptors (Lipinski definition) is 3. The van der Waals surface area contributed by atoms with Crippen molar-refractivity contribution in [3.05, 3.63) is 40.6 Å². The van der Waals surface area contributed by atoms with E-state index in [1.807, 2.05) is 24.3 Å². The van der Waals surface area contributed by atoms with Gasteiger partial charge in [-0.05, 0) is 28.1 Å². The first-order valence-electron chi connectivity index (χ1n) is 3.93.